The van der Waals surface area contributed by atoms with Crippen LogP contribution in [0.3, 0.4) is 0 Å². The number of benzene rings is 1. The van der Waals surface area contributed by atoms with Crippen molar-refractivity contribution in [3.05, 3.63) is 27.7 Å². The predicted octanol–water partition coefficient (Wildman–Crippen LogP) is 2.59. The van der Waals surface area contributed by atoms with Gasteiger partial charge in [0.2, 0.25) is 0 Å². The summed E-state index contributed by atoms with van der Waals surface area (Å²) in [4.78, 5) is 0. The molecule has 0 fully saturated rings. The van der Waals surface area contributed by atoms with E-state index < -0.39 is 0 Å². The highest BCUT2D eigenvalue weighted by molar-refractivity contribution is 6.42. The van der Waals surface area contributed by atoms with Crippen LogP contribution in [-0.4, -0.2) is 0 Å². The molecule has 0 aromatic heterocycles. The minimum absolute atomic E-state index is 0.544. The molecule has 1 aromatic carbocycles. The molecule has 0 radical (unpaired) electrons. The Bertz CT molecular complexity index is 273. The van der Waals surface area contributed by atoms with Gasteiger partial charge in [0.1, 0.15) is 0 Å². The Kier molecular flexibility index (Phi) is 2.60. The zero-order valence-corrected chi connectivity index (χ0v) is 7.50. The van der Waals surface area contributed by atoms with Crippen molar-refractivity contribution >= 4 is 28.9 Å². The van der Waals surface area contributed by atoms with Crippen molar-refractivity contribution in [2.24, 2.45) is 5.84 Å². The summed E-state index contributed by atoms with van der Waals surface area (Å²) in [6, 6.07) is 3.48. The molecule has 0 aliphatic rings. The van der Waals surface area contributed by atoms with E-state index >= 15 is 0 Å². The fraction of sp³-hybridized carbons (Fsp3) is 0.143. The number of hydrogen-bond acceptors (Lipinski definition) is 2. The molecule has 60 valence electrons. The summed E-state index contributed by atoms with van der Waals surface area (Å²) in [5.41, 5.74) is 4.17. The second-order valence-corrected chi connectivity index (χ2v) is 2.96. The van der Waals surface area contributed by atoms with Gasteiger partial charge in [0.15, 0.2) is 0 Å². The number of nitrogen functional groups attached to an aromatic ring is 1. The molecular weight excluding hydrogens is 183 g/mol. The first kappa shape index (κ1) is 8.65. The maximum Gasteiger partial charge on any atom is 0.0642 e. The van der Waals surface area contributed by atoms with Gasteiger partial charge >= 0.3 is 0 Å². The van der Waals surface area contributed by atoms with Gasteiger partial charge in [-0.05, 0) is 24.6 Å². The predicted molar refractivity (Wildman–Crippen MR) is 49.0 cm³/mol. The van der Waals surface area contributed by atoms with Crippen molar-refractivity contribution < 1.29 is 0 Å². The largest absolute Gasteiger partial charge is 0.324 e. The second kappa shape index (κ2) is 3.30. The summed E-state index contributed by atoms with van der Waals surface area (Å²) in [7, 11) is 0. The molecule has 1 rings (SSSR count). The maximum atomic E-state index is 5.83. The van der Waals surface area contributed by atoms with Crippen LogP contribution in [0.25, 0.3) is 0 Å². The number of hydrogen-bond donors (Lipinski definition) is 2. The highest BCUT2D eigenvalue weighted by atomic mass is 35.5. The summed E-state index contributed by atoms with van der Waals surface area (Å²) in [5.74, 6) is 5.22. The monoisotopic (exact) mass is 190 g/mol. The molecule has 3 N–H and O–H groups in total. The molecular formula is C7H8Cl2N2. The van der Waals surface area contributed by atoms with Crippen LogP contribution in [0.2, 0.25) is 10.0 Å². The molecule has 0 bridgehead atoms. The molecule has 0 saturated heterocycles. The number of anilines is 1. The Balaban J connectivity index is 3.25. The molecule has 0 spiro atoms. The Hall–Kier alpha value is -0.440. The van der Waals surface area contributed by atoms with E-state index in [1.54, 1.807) is 12.1 Å². The summed E-state index contributed by atoms with van der Waals surface area (Å²) in [6.07, 6.45) is 0. The van der Waals surface area contributed by atoms with Crippen molar-refractivity contribution in [3.63, 3.8) is 0 Å². The van der Waals surface area contributed by atoms with Gasteiger partial charge < -0.3 is 5.43 Å². The van der Waals surface area contributed by atoms with Crippen molar-refractivity contribution in [2.75, 3.05) is 5.43 Å². The number of halogens is 2. The summed E-state index contributed by atoms with van der Waals surface area (Å²) < 4.78 is 0. The number of nitrogens with one attached hydrogen (secondary N) is 1. The minimum Gasteiger partial charge on any atom is -0.324 e. The van der Waals surface area contributed by atoms with E-state index in [0.29, 0.717) is 10.0 Å². The van der Waals surface area contributed by atoms with Crippen LogP contribution in [0.15, 0.2) is 12.1 Å². The normalized spacial score (nSPS) is 9.82. The van der Waals surface area contributed by atoms with Gasteiger partial charge in [-0.15, -0.1) is 0 Å². The van der Waals surface area contributed by atoms with Gasteiger partial charge in [-0.1, -0.05) is 23.2 Å². The van der Waals surface area contributed by atoms with Crippen molar-refractivity contribution in [3.8, 4) is 0 Å². The van der Waals surface area contributed by atoms with Crippen molar-refractivity contribution in [2.45, 2.75) is 6.92 Å². The number of rotatable bonds is 1. The second-order valence-electron chi connectivity index (χ2n) is 2.18. The van der Waals surface area contributed by atoms with Crippen molar-refractivity contribution in [1.82, 2.24) is 0 Å². The first-order valence-corrected chi connectivity index (χ1v) is 3.83. The first-order valence-electron chi connectivity index (χ1n) is 3.08. The van der Waals surface area contributed by atoms with E-state index in [2.05, 4.69) is 5.43 Å². The lowest BCUT2D eigenvalue weighted by Gasteiger charge is -2.06. The van der Waals surface area contributed by atoms with Crippen LogP contribution in [0.5, 0.6) is 0 Å². The van der Waals surface area contributed by atoms with Crippen LogP contribution in [0.1, 0.15) is 5.56 Å². The Morgan fingerprint density at radius 3 is 2.55 bits per heavy atom. The molecule has 0 amide bonds. The standard InChI is InChI=1S/C7H8Cl2N2/c1-4-6(11-10)3-2-5(8)7(4)9/h2-3,11H,10H2,1H3. The highest BCUT2D eigenvalue weighted by Gasteiger charge is 2.04. The number of hydrazine groups is 1. The Morgan fingerprint density at radius 1 is 1.36 bits per heavy atom. The van der Waals surface area contributed by atoms with Gasteiger partial charge in [-0.25, -0.2) is 0 Å². The third-order valence-corrected chi connectivity index (χ3v) is 2.39. The lowest BCUT2D eigenvalue weighted by molar-refractivity contribution is 1.31. The van der Waals surface area contributed by atoms with Crippen LogP contribution in [0, 0.1) is 6.92 Å². The third-order valence-electron chi connectivity index (χ3n) is 1.49. The van der Waals surface area contributed by atoms with E-state index in [-0.39, 0.29) is 0 Å². The van der Waals surface area contributed by atoms with E-state index in [1.165, 1.54) is 0 Å². The SMILES string of the molecule is Cc1c(NN)ccc(Cl)c1Cl. The van der Waals surface area contributed by atoms with Crippen LogP contribution >= 0.6 is 23.2 Å². The molecule has 0 aliphatic heterocycles. The van der Waals surface area contributed by atoms with E-state index in [0.717, 1.165) is 11.3 Å². The molecule has 0 aliphatic carbocycles. The van der Waals surface area contributed by atoms with Crippen LogP contribution < -0.4 is 11.3 Å². The molecule has 0 heterocycles. The molecule has 0 saturated carbocycles. The molecule has 0 unspecified atom stereocenters. The van der Waals surface area contributed by atoms with E-state index in [4.69, 9.17) is 29.0 Å². The topological polar surface area (TPSA) is 38.0 Å². The van der Waals surface area contributed by atoms with Crippen LogP contribution in [0.4, 0.5) is 5.69 Å². The zero-order chi connectivity index (χ0) is 8.43. The van der Waals surface area contributed by atoms with Gasteiger partial charge in [-0.3, -0.25) is 5.84 Å². The molecule has 0 atom stereocenters. The smallest absolute Gasteiger partial charge is 0.0642 e. The number of nitrogens with two attached hydrogens (primary N) is 1. The van der Waals surface area contributed by atoms with Gasteiger partial charge in [0.05, 0.1) is 15.7 Å². The summed E-state index contributed by atoms with van der Waals surface area (Å²) in [6.45, 7) is 1.85. The maximum absolute atomic E-state index is 5.83. The van der Waals surface area contributed by atoms with E-state index in [9.17, 15) is 0 Å². The molecule has 4 heteroatoms. The fourth-order valence-electron chi connectivity index (χ4n) is 0.808. The first-order chi connectivity index (χ1) is 5.16. The summed E-state index contributed by atoms with van der Waals surface area (Å²) >= 11 is 11.6. The van der Waals surface area contributed by atoms with Gasteiger partial charge in [-0.2, -0.15) is 0 Å². The zero-order valence-electron chi connectivity index (χ0n) is 5.99. The average molecular weight is 191 g/mol. The molecule has 1 aromatic rings. The quantitative estimate of drug-likeness (QED) is 0.528. The van der Waals surface area contributed by atoms with Gasteiger partial charge in [0.25, 0.3) is 0 Å². The lowest BCUT2D eigenvalue weighted by Crippen LogP contribution is -2.08. The minimum atomic E-state index is 0.544. The van der Waals surface area contributed by atoms with Crippen molar-refractivity contribution in [1.29, 1.82) is 0 Å². The lowest BCUT2D eigenvalue weighted by atomic mass is 10.2. The van der Waals surface area contributed by atoms with E-state index in [1.807, 2.05) is 6.92 Å². The third kappa shape index (κ3) is 1.59. The average Bonchev–Trinajstić information content (AvgIpc) is 2.01. The Morgan fingerprint density at radius 2 is 2.00 bits per heavy atom. The summed E-state index contributed by atoms with van der Waals surface area (Å²) in [5, 5.41) is 1.09. The fourth-order valence-corrected chi connectivity index (χ4v) is 1.18. The molecule has 11 heavy (non-hydrogen) atoms. The molecule has 2 nitrogen and oxygen atoms in total. The Labute approximate surface area is 75.3 Å². The van der Waals surface area contributed by atoms with Crippen LogP contribution in [-0.2, 0) is 0 Å². The van der Waals surface area contributed by atoms with Gasteiger partial charge in [0, 0.05) is 0 Å². The highest BCUT2D eigenvalue weighted by Crippen LogP contribution is 2.29.